The maximum absolute atomic E-state index is 9.51. The van der Waals surface area contributed by atoms with Crippen molar-refractivity contribution in [3.63, 3.8) is 0 Å². The molecule has 2 aliphatic heterocycles. The van der Waals surface area contributed by atoms with E-state index in [1.807, 2.05) is 6.07 Å². The molecule has 0 amide bonds. The van der Waals surface area contributed by atoms with Crippen LogP contribution in [0, 0.1) is 5.41 Å². The van der Waals surface area contributed by atoms with E-state index in [1.165, 1.54) is 0 Å². The number of halogens is 2. The first-order valence-electron chi connectivity index (χ1n) is 7.18. The maximum atomic E-state index is 9.51. The minimum Gasteiger partial charge on any atom is -0.492 e. The second-order valence-corrected chi connectivity index (χ2v) is 6.64. The number of ether oxygens (including phenoxy) is 2. The van der Waals surface area contributed by atoms with Gasteiger partial charge in [-0.1, -0.05) is 29.3 Å². The Morgan fingerprint density at radius 3 is 2.81 bits per heavy atom. The van der Waals surface area contributed by atoms with Gasteiger partial charge in [-0.15, -0.1) is 0 Å². The fourth-order valence-corrected chi connectivity index (χ4v) is 3.15. The molecule has 0 spiro atoms. The van der Waals surface area contributed by atoms with Gasteiger partial charge in [-0.05, 0) is 18.9 Å². The maximum Gasteiger partial charge on any atom is 0.144 e. The number of rotatable bonds is 4. The van der Waals surface area contributed by atoms with E-state index in [4.69, 9.17) is 32.7 Å². The summed E-state index contributed by atoms with van der Waals surface area (Å²) in [5, 5.41) is 14.0. The summed E-state index contributed by atoms with van der Waals surface area (Å²) in [6.07, 6.45) is 1.91. The van der Waals surface area contributed by atoms with Gasteiger partial charge in [0.15, 0.2) is 0 Å². The normalized spacial score (nSPS) is 23.7. The summed E-state index contributed by atoms with van der Waals surface area (Å²) in [6, 6.07) is 3.93. The van der Waals surface area contributed by atoms with Crippen LogP contribution in [-0.2, 0) is 4.74 Å². The van der Waals surface area contributed by atoms with Gasteiger partial charge in [-0.3, -0.25) is 0 Å². The molecule has 1 saturated heterocycles. The standard InChI is InChI=1S/C15H19Cl2NO3/c16-11-4-3-10-12(2-1-5-21-14(10)13(11)17)18-6-15(7-19)8-20-9-15/h3-4,12,18-19H,1-2,5-9H2. The molecule has 1 unspecified atom stereocenters. The van der Waals surface area contributed by atoms with Gasteiger partial charge < -0.3 is 19.9 Å². The molecule has 0 bridgehead atoms. The predicted molar refractivity (Wildman–Crippen MR) is 82.3 cm³/mol. The minimum absolute atomic E-state index is 0.136. The highest BCUT2D eigenvalue weighted by molar-refractivity contribution is 6.43. The minimum atomic E-state index is -0.149. The number of nitrogens with one attached hydrogen (secondary N) is 1. The van der Waals surface area contributed by atoms with Crippen LogP contribution >= 0.6 is 23.2 Å². The third kappa shape index (κ3) is 3.01. The van der Waals surface area contributed by atoms with Gasteiger partial charge in [0.2, 0.25) is 0 Å². The number of aliphatic hydroxyl groups excluding tert-OH is 1. The zero-order valence-corrected chi connectivity index (χ0v) is 13.2. The number of hydrogen-bond donors (Lipinski definition) is 2. The molecule has 3 rings (SSSR count). The molecular formula is C15H19Cl2NO3. The highest BCUT2D eigenvalue weighted by atomic mass is 35.5. The average molecular weight is 332 g/mol. The Morgan fingerprint density at radius 1 is 1.33 bits per heavy atom. The Bertz CT molecular complexity index is 514. The fourth-order valence-electron chi connectivity index (χ4n) is 2.78. The van der Waals surface area contributed by atoms with Crippen molar-refractivity contribution in [3.8, 4) is 5.75 Å². The molecule has 1 aromatic rings. The fraction of sp³-hybridized carbons (Fsp3) is 0.600. The molecule has 2 heterocycles. The lowest BCUT2D eigenvalue weighted by atomic mass is 9.86. The lowest BCUT2D eigenvalue weighted by Gasteiger charge is -2.41. The lowest BCUT2D eigenvalue weighted by molar-refractivity contribution is -0.135. The van der Waals surface area contributed by atoms with E-state index < -0.39 is 0 Å². The van der Waals surface area contributed by atoms with Gasteiger partial charge in [-0.2, -0.15) is 0 Å². The zero-order valence-electron chi connectivity index (χ0n) is 11.7. The summed E-state index contributed by atoms with van der Waals surface area (Å²) in [5.74, 6) is 0.682. The molecule has 2 N–H and O–H groups in total. The van der Waals surface area contributed by atoms with E-state index in [-0.39, 0.29) is 18.1 Å². The number of fused-ring (bicyclic) bond motifs is 1. The first-order valence-corrected chi connectivity index (χ1v) is 7.93. The molecule has 2 aliphatic rings. The molecule has 1 atom stereocenters. The van der Waals surface area contributed by atoms with Crippen molar-refractivity contribution in [2.45, 2.75) is 18.9 Å². The van der Waals surface area contributed by atoms with E-state index in [1.54, 1.807) is 6.07 Å². The highest BCUT2D eigenvalue weighted by Crippen LogP contribution is 2.41. The lowest BCUT2D eigenvalue weighted by Crippen LogP contribution is -2.52. The average Bonchev–Trinajstić information content (AvgIpc) is 2.65. The summed E-state index contributed by atoms with van der Waals surface area (Å²) in [5.41, 5.74) is 0.888. The van der Waals surface area contributed by atoms with Crippen molar-refractivity contribution < 1.29 is 14.6 Å². The molecule has 0 aliphatic carbocycles. The van der Waals surface area contributed by atoms with Gasteiger partial charge in [0.1, 0.15) is 10.8 Å². The van der Waals surface area contributed by atoms with Crippen molar-refractivity contribution in [2.24, 2.45) is 5.41 Å². The van der Waals surface area contributed by atoms with E-state index in [0.717, 1.165) is 18.4 Å². The molecule has 116 valence electrons. The van der Waals surface area contributed by atoms with E-state index in [0.29, 0.717) is 42.2 Å². The quantitative estimate of drug-likeness (QED) is 0.890. The van der Waals surface area contributed by atoms with Gasteiger partial charge in [0.25, 0.3) is 0 Å². The van der Waals surface area contributed by atoms with Crippen LogP contribution in [0.3, 0.4) is 0 Å². The Kier molecular flexibility index (Phi) is 4.62. The number of hydrogen-bond acceptors (Lipinski definition) is 4. The Balaban J connectivity index is 1.79. The van der Waals surface area contributed by atoms with Crippen LogP contribution in [0.2, 0.25) is 10.0 Å². The van der Waals surface area contributed by atoms with Crippen molar-refractivity contribution in [1.29, 1.82) is 0 Å². The highest BCUT2D eigenvalue weighted by Gasteiger charge is 2.38. The third-order valence-electron chi connectivity index (χ3n) is 4.21. The Labute approximate surface area is 134 Å². The van der Waals surface area contributed by atoms with Gasteiger partial charge in [0.05, 0.1) is 36.9 Å². The Hall–Kier alpha value is -0.520. The van der Waals surface area contributed by atoms with E-state index in [2.05, 4.69) is 5.32 Å². The smallest absolute Gasteiger partial charge is 0.144 e. The molecular weight excluding hydrogens is 313 g/mol. The monoisotopic (exact) mass is 331 g/mol. The van der Waals surface area contributed by atoms with Gasteiger partial charge >= 0.3 is 0 Å². The second kappa shape index (κ2) is 6.31. The third-order valence-corrected chi connectivity index (χ3v) is 5.00. The van der Waals surface area contributed by atoms with Crippen LogP contribution in [-0.4, -0.2) is 38.1 Å². The molecule has 1 aromatic carbocycles. The van der Waals surface area contributed by atoms with Crippen LogP contribution in [0.15, 0.2) is 12.1 Å². The van der Waals surface area contributed by atoms with E-state index >= 15 is 0 Å². The predicted octanol–water partition coefficient (Wildman–Crippen LogP) is 2.81. The Morgan fingerprint density at radius 2 is 2.14 bits per heavy atom. The summed E-state index contributed by atoms with van der Waals surface area (Å²) in [7, 11) is 0. The summed E-state index contributed by atoms with van der Waals surface area (Å²) < 4.78 is 11.0. The van der Waals surface area contributed by atoms with Crippen LogP contribution in [0.1, 0.15) is 24.4 Å². The number of aliphatic hydroxyl groups is 1. The first-order chi connectivity index (χ1) is 10.2. The summed E-state index contributed by atoms with van der Waals surface area (Å²) >= 11 is 12.3. The SMILES string of the molecule is OCC1(CNC2CCCOc3c2ccc(Cl)c3Cl)COC1. The van der Waals surface area contributed by atoms with Crippen molar-refractivity contribution in [1.82, 2.24) is 5.32 Å². The first kappa shape index (κ1) is 15.4. The van der Waals surface area contributed by atoms with Crippen molar-refractivity contribution in [2.75, 3.05) is 33.0 Å². The molecule has 0 saturated carbocycles. The molecule has 6 heteroatoms. The van der Waals surface area contributed by atoms with Crippen LogP contribution < -0.4 is 10.1 Å². The van der Waals surface area contributed by atoms with Gasteiger partial charge in [-0.25, -0.2) is 0 Å². The summed E-state index contributed by atoms with van der Waals surface area (Å²) in [6.45, 7) is 2.70. The van der Waals surface area contributed by atoms with Crippen LogP contribution in [0.25, 0.3) is 0 Å². The van der Waals surface area contributed by atoms with Crippen molar-refractivity contribution in [3.05, 3.63) is 27.7 Å². The molecule has 1 fully saturated rings. The largest absolute Gasteiger partial charge is 0.492 e. The van der Waals surface area contributed by atoms with Gasteiger partial charge in [0, 0.05) is 18.2 Å². The topological polar surface area (TPSA) is 50.7 Å². The van der Waals surface area contributed by atoms with Crippen LogP contribution in [0.4, 0.5) is 0 Å². The molecule has 4 nitrogen and oxygen atoms in total. The second-order valence-electron chi connectivity index (χ2n) is 5.85. The summed E-state index contributed by atoms with van der Waals surface area (Å²) in [4.78, 5) is 0. The number of benzene rings is 1. The molecule has 0 radical (unpaired) electrons. The molecule has 21 heavy (non-hydrogen) atoms. The molecule has 0 aromatic heterocycles. The van der Waals surface area contributed by atoms with Crippen molar-refractivity contribution >= 4 is 23.2 Å². The zero-order chi connectivity index (χ0) is 14.9. The van der Waals surface area contributed by atoms with E-state index in [9.17, 15) is 5.11 Å². The van der Waals surface area contributed by atoms with Crippen LogP contribution in [0.5, 0.6) is 5.75 Å².